The second kappa shape index (κ2) is 5.28. The molecule has 5 heteroatoms. The first kappa shape index (κ1) is 13.2. The summed E-state index contributed by atoms with van der Waals surface area (Å²) in [5.41, 5.74) is 1.54. The van der Waals surface area contributed by atoms with E-state index in [9.17, 15) is 0 Å². The predicted molar refractivity (Wildman–Crippen MR) is 79.1 cm³/mol. The minimum Gasteiger partial charge on any atom is -0.220 e. The molecule has 0 aliphatic heterocycles. The molecule has 0 spiro atoms. The lowest BCUT2D eigenvalue weighted by Gasteiger charge is -2.24. The summed E-state index contributed by atoms with van der Waals surface area (Å²) in [7, 11) is 0. The van der Waals surface area contributed by atoms with Crippen LogP contribution in [0.3, 0.4) is 0 Å². The summed E-state index contributed by atoms with van der Waals surface area (Å²) >= 11 is 18.4. The van der Waals surface area contributed by atoms with Gasteiger partial charge in [0.15, 0.2) is 0 Å². The molecule has 1 aliphatic rings. The first-order valence-corrected chi connectivity index (χ1v) is 7.27. The van der Waals surface area contributed by atoms with Crippen LogP contribution < -0.4 is 0 Å². The van der Waals surface area contributed by atoms with E-state index < -0.39 is 0 Å². The average Bonchev–Trinajstić information content (AvgIpc) is 2.28. The number of hydrogen-bond donors (Lipinski definition) is 0. The highest BCUT2D eigenvalue weighted by Gasteiger charge is 2.24. The maximum Gasteiger partial charge on any atom is 0.142 e. The van der Waals surface area contributed by atoms with E-state index in [-0.39, 0.29) is 0 Å². The number of nitrogens with zero attached hydrogens (tertiary/aromatic N) is 2. The Morgan fingerprint density at radius 2 is 1.47 bits per heavy atom. The van der Waals surface area contributed by atoms with Gasteiger partial charge in [0.05, 0.1) is 5.56 Å². The minimum atomic E-state index is 0.407. The Balaban J connectivity index is 2.04. The summed E-state index contributed by atoms with van der Waals surface area (Å²) in [6.45, 7) is 0. The molecular formula is C14H11Cl3N2. The third-order valence-electron chi connectivity index (χ3n) is 3.44. The molecule has 0 unspecified atom stereocenters. The van der Waals surface area contributed by atoms with Gasteiger partial charge in [-0.1, -0.05) is 53.4 Å². The first-order valence-electron chi connectivity index (χ1n) is 6.14. The van der Waals surface area contributed by atoms with Gasteiger partial charge in [0.25, 0.3) is 0 Å². The topological polar surface area (TPSA) is 25.8 Å². The predicted octanol–water partition coefficient (Wildman–Crippen LogP) is 5.37. The van der Waals surface area contributed by atoms with Crippen LogP contribution in [0.5, 0.6) is 0 Å². The van der Waals surface area contributed by atoms with Crippen LogP contribution in [-0.4, -0.2) is 9.97 Å². The first-order chi connectivity index (χ1) is 9.15. The Morgan fingerprint density at radius 1 is 0.895 bits per heavy atom. The van der Waals surface area contributed by atoms with Crippen LogP contribution in [0.25, 0.3) is 11.1 Å². The number of hydrogen-bond acceptors (Lipinski definition) is 2. The third kappa shape index (κ3) is 2.58. The molecule has 0 amide bonds. The van der Waals surface area contributed by atoms with Crippen molar-refractivity contribution in [2.75, 3.05) is 0 Å². The summed E-state index contributed by atoms with van der Waals surface area (Å²) in [5.74, 6) is 1.17. The quantitative estimate of drug-likeness (QED) is 0.696. The van der Waals surface area contributed by atoms with Gasteiger partial charge in [-0.25, -0.2) is 9.97 Å². The molecule has 2 nitrogen and oxygen atoms in total. The zero-order chi connectivity index (χ0) is 13.4. The molecule has 3 rings (SSSR count). The number of benzene rings is 1. The molecule has 1 heterocycles. The Morgan fingerprint density at radius 3 is 1.95 bits per heavy atom. The van der Waals surface area contributed by atoms with Crippen LogP contribution >= 0.6 is 34.8 Å². The number of halogens is 3. The molecule has 0 bridgehead atoms. The maximum atomic E-state index is 6.27. The van der Waals surface area contributed by atoms with E-state index in [1.54, 1.807) is 12.1 Å². The maximum absolute atomic E-state index is 6.27. The number of aromatic nitrogens is 2. The van der Waals surface area contributed by atoms with Crippen molar-refractivity contribution in [2.24, 2.45) is 0 Å². The van der Waals surface area contributed by atoms with Crippen LogP contribution in [0.15, 0.2) is 24.3 Å². The average molecular weight is 314 g/mol. The molecule has 98 valence electrons. The molecule has 0 N–H and O–H groups in total. The van der Waals surface area contributed by atoms with E-state index in [4.69, 9.17) is 34.8 Å². The van der Waals surface area contributed by atoms with Gasteiger partial charge < -0.3 is 0 Å². The molecule has 1 aromatic carbocycles. The Labute approximate surface area is 126 Å². The van der Waals surface area contributed by atoms with Gasteiger partial charge in [-0.05, 0) is 30.5 Å². The van der Waals surface area contributed by atoms with Crippen molar-refractivity contribution < 1.29 is 0 Å². The fourth-order valence-electron chi connectivity index (χ4n) is 2.13. The van der Waals surface area contributed by atoms with Crippen LogP contribution in [0.1, 0.15) is 31.0 Å². The van der Waals surface area contributed by atoms with Gasteiger partial charge in [-0.15, -0.1) is 0 Å². The van der Waals surface area contributed by atoms with Gasteiger partial charge in [0.1, 0.15) is 16.1 Å². The Hall–Kier alpha value is -0.830. The highest BCUT2D eigenvalue weighted by atomic mass is 35.5. The molecule has 1 aromatic heterocycles. The highest BCUT2D eigenvalue weighted by molar-refractivity contribution is 6.37. The lowest BCUT2D eigenvalue weighted by molar-refractivity contribution is 0.401. The molecule has 1 aliphatic carbocycles. The van der Waals surface area contributed by atoms with Crippen molar-refractivity contribution >= 4 is 34.8 Å². The highest BCUT2D eigenvalue weighted by Crippen LogP contribution is 2.38. The normalized spacial score (nSPS) is 15.3. The summed E-state index contributed by atoms with van der Waals surface area (Å²) in [4.78, 5) is 8.78. The van der Waals surface area contributed by atoms with E-state index >= 15 is 0 Å². The fourth-order valence-corrected chi connectivity index (χ4v) is 2.87. The van der Waals surface area contributed by atoms with Crippen LogP contribution in [0, 0.1) is 0 Å². The van der Waals surface area contributed by atoms with Crippen LogP contribution in [0.2, 0.25) is 15.3 Å². The zero-order valence-electron chi connectivity index (χ0n) is 10.0. The molecule has 0 radical (unpaired) electrons. The summed E-state index contributed by atoms with van der Waals surface area (Å²) < 4.78 is 0. The van der Waals surface area contributed by atoms with Crippen molar-refractivity contribution in [3.05, 3.63) is 45.4 Å². The molecule has 1 saturated carbocycles. The van der Waals surface area contributed by atoms with E-state index in [0.717, 1.165) is 24.2 Å². The molecule has 2 aromatic rings. The van der Waals surface area contributed by atoms with Crippen molar-refractivity contribution in [3.63, 3.8) is 0 Å². The van der Waals surface area contributed by atoms with E-state index in [0.29, 0.717) is 26.8 Å². The van der Waals surface area contributed by atoms with Gasteiger partial charge in [0.2, 0.25) is 0 Å². The second-order valence-electron chi connectivity index (χ2n) is 4.67. The van der Waals surface area contributed by atoms with E-state index in [1.165, 1.54) is 6.42 Å². The molecule has 19 heavy (non-hydrogen) atoms. The summed E-state index contributed by atoms with van der Waals surface area (Å²) in [5, 5.41) is 1.48. The fraction of sp³-hybridized carbons (Fsp3) is 0.286. The smallest absolute Gasteiger partial charge is 0.142 e. The largest absolute Gasteiger partial charge is 0.220 e. The number of rotatable bonds is 2. The van der Waals surface area contributed by atoms with E-state index in [2.05, 4.69) is 9.97 Å². The molecule has 0 atom stereocenters. The van der Waals surface area contributed by atoms with Gasteiger partial charge in [0, 0.05) is 10.9 Å². The Kier molecular flexibility index (Phi) is 3.66. The van der Waals surface area contributed by atoms with Crippen LogP contribution in [0.4, 0.5) is 0 Å². The summed E-state index contributed by atoms with van der Waals surface area (Å²) in [6, 6.07) is 7.32. The lowest BCUT2D eigenvalue weighted by Crippen LogP contribution is -2.13. The van der Waals surface area contributed by atoms with Crippen molar-refractivity contribution in [3.8, 4) is 11.1 Å². The van der Waals surface area contributed by atoms with Crippen molar-refractivity contribution in [1.29, 1.82) is 0 Å². The Bertz CT molecular complexity index is 584. The second-order valence-corrected chi connectivity index (χ2v) is 5.83. The molecule has 0 saturated heterocycles. The lowest BCUT2D eigenvalue weighted by atomic mass is 9.85. The van der Waals surface area contributed by atoms with Crippen molar-refractivity contribution in [1.82, 2.24) is 9.97 Å². The monoisotopic (exact) mass is 312 g/mol. The zero-order valence-corrected chi connectivity index (χ0v) is 12.3. The minimum absolute atomic E-state index is 0.407. The summed E-state index contributed by atoms with van der Waals surface area (Å²) in [6.07, 6.45) is 3.46. The molecule has 1 fully saturated rings. The van der Waals surface area contributed by atoms with Crippen LogP contribution in [-0.2, 0) is 0 Å². The van der Waals surface area contributed by atoms with Crippen molar-refractivity contribution in [2.45, 2.75) is 25.2 Å². The van der Waals surface area contributed by atoms with E-state index in [1.807, 2.05) is 12.1 Å². The third-order valence-corrected chi connectivity index (χ3v) is 4.24. The van der Waals surface area contributed by atoms with Gasteiger partial charge >= 0.3 is 0 Å². The molecular weight excluding hydrogens is 303 g/mol. The standard InChI is InChI=1S/C14H11Cl3N2/c15-10-6-4-8(5-7-10)11-12(16)18-14(19-13(11)17)9-2-1-3-9/h4-7,9H,1-3H2. The SMILES string of the molecule is Clc1ccc(-c2c(Cl)nc(C3CCC3)nc2Cl)cc1. The van der Waals surface area contributed by atoms with Gasteiger partial charge in [-0.2, -0.15) is 0 Å². The van der Waals surface area contributed by atoms with Gasteiger partial charge in [-0.3, -0.25) is 0 Å².